The number of benzene rings is 1. The zero-order valence-corrected chi connectivity index (χ0v) is 12.3. The molecule has 108 valence electrons. The Morgan fingerprint density at radius 2 is 1.95 bits per heavy atom. The summed E-state index contributed by atoms with van der Waals surface area (Å²) >= 11 is 6.08. The van der Waals surface area contributed by atoms with Gasteiger partial charge in [0.05, 0.1) is 6.61 Å². The predicted molar refractivity (Wildman–Crippen MR) is 80.9 cm³/mol. The number of hydrogen-bond donors (Lipinski definition) is 0. The highest BCUT2D eigenvalue weighted by Gasteiger charge is 2.19. The fraction of sp³-hybridized carbons (Fsp3) is 0.400. The third-order valence-electron chi connectivity index (χ3n) is 3.93. The van der Waals surface area contributed by atoms with E-state index >= 15 is 0 Å². The second-order valence-corrected chi connectivity index (χ2v) is 5.68. The maximum atomic E-state index is 6.08. The summed E-state index contributed by atoms with van der Waals surface area (Å²) in [7, 11) is 0. The van der Waals surface area contributed by atoms with Gasteiger partial charge in [-0.05, 0) is 48.2 Å². The molecule has 1 aromatic carbocycles. The van der Waals surface area contributed by atoms with Crippen molar-refractivity contribution in [3.8, 4) is 17.1 Å². The molecule has 0 N–H and O–H groups in total. The summed E-state index contributed by atoms with van der Waals surface area (Å²) in [5.74, 6) is 2.27. The van der Waals surface area contributed by atoms with E-state index in [1.54, 1.807) is 0 Å². The molecule has 0 amide bonds. The largest absolute Gasteiger partial charge is 0.493 e. The van der Waals surface area contributed by atoms with Crippen LogP contribution < -0.4 is 9.64 Å². The monoisotopic (exact) mass is 302 g/mol. The number of rotatable bonds is 2. The normalized spacial score (nSPS) is 16.9. The Kier molecular flexibility index (Phi) is 3.15. The molecule has 2 aliphatic heterocycles. The van der Waals surface area contributed by atoms with E-state index in [0.717, 1.165) is 37.4 Å². The van der Waals surface area contributed by atoms with Gasteiger partial charge in [0, 0.05) is 25.1 Å². The van der Waals surface area contributed by atoms with Gasteiger partial charge in [0.15, 0.2) is 5.82 Å². The minimum Gasteiger partial charge on any atom is -0.493 e. The summed E-state index contributed by atoms with van der Waals surface area (Å²) in [5.41, 5.74) is 2.16. The molecule has 0 spiro atoms. The summed E-state index contributed by atoms with van der Waals surface area (Å²) in [6, 6.07) is 6.04. The average molecular weight is 303 g/mol. The fourth-order valence-corrected chi connectivity index (χ4v) is 3.01. The van der Waals surface area contributed by atoms with Crippen molar-refractivity contribution in [1.29, 1.82) is 0 Å². The van der Waals surface area contributed by atoms with E-state index in [0.29, 0.717) is 11.8 Å². The Balaban J connectivity index is 1.74. The molecule has 3 heterocycles. The van der Waals surface area contributed by atoms with Crippen LogP contribution >= 0.6 is 11.6 Å². The molecule has 0 atom stereocenters. The lowest BCUT2D eigenvalue weighted by Crippen LogP contribution is -2.21. The van der Waals surface area contributed by atoms with E-state index < -0.39 is 0 Å². The molecule has 2 aliphatic rings. The van der Waals surface area contributed by atoms with Crippen molar-refractivity contribution in [2.75, 3.05) is 24.6 Å². The van der Waals surface area contributed by atoms with Crippen molar-refractivity contribution in [2.45, 2.75) is 19.3 Å². The van der Waals surface area contributed by atoms with Gasteiger partial charge in [0.25, 0.3) is 0 Å². The molecule has 1 fully saturated rings. The molecule has 1 aromatic heterocycles. The first-order valence-corrected chi connectivity index (χ1v) is 7.60. The minimum absolute atomic E-state index is 0.249. The molecule has 6 heteroatoms. The van der Waals surface area contributed by atoms with Gasteiger partial charge in [-0.2, -0.15) is 15.0 Å². The van der Waals surface area contributed by atoms with Gasteiger partial charge >= 0.3 is 0 Å². The summed E-state index contributed by atoms with van der Waals surface area (Å²) < 4.78 is 5.53. The number of ether oxygens (including phenoxy) is 1. The summed E-state index contributed by atoms with van der Waals surface area (Å²) in [5, 5.41) is 0.249. The lowest BCUT2D eigenvalue weighted by atomic mass is 10.1. The summed E-state index contributed by atoms with van der Waals surface area (Å²) in [4.78, 5) is 15.3. The first-order chi connectivity index (χ1) is 10.3. The third kappa shape index (κ3) is 2.42. The lowest BCUT2D eigenvalue weighted by molar-refractivity contribution is 0.357. The van der Waals surface area contributed by atoms with Crippen molar-refractivity contribution in [3.63, 3.8) is 0 Å². The molecule has 2 aromatic rings. The van der Waals surface area contributed by atoms with Crippen LogP contribution in [0.1, 0.15) is 18.4 Å². The minimum atomic E-state index is 0.249. The smallest absolute Gasteiger partial charge is 0.230 e. The highest BCUT2D eigenvalue weighted by Crippen LogP contribution is 2.30. The second kappa shape index (κ2) is 5.15. The van der Waals surface area contributed by atoms with Crippen LogP contribution in [0.4, 0.5) is 5.95 Å². The van der Waals surface area contributed by atoms with Crippen LogP contribution in [0.3, 0.4) is 0 Å². The average Bonchev–Trinajstić information content (AvgIpc) is 3.17. The molecule has 0 bridgehead atoms. The Morgan fingerprint density at radius 3 is 2.81 bits per heavy atom. The first kappa shape index (κ1) is 12.8. The number of halogens is 1. The SMILES string of the molecule is Clc1nc(-c2ccc3c(c2)CCO3)nc(N2CCCC2)n1. The van der Waals surface area contributed by atoms with Crippen LogP contribution in [0.25, 0.3) is 11.4 Å². The van der Waals surface area contributed by atoms with Gasteiger partial charge in [-0.15, -0.1) is 0 Å². The Labute approximate surface area is 128 Å². The zero-order chi connectivity index (χ0) is 14.2. The molecule has 4 rings (SSSR count). The number of hydrogen-bond acceptors (Lipinski definition) is 5. The molecule has 0 aliphatic carbocycles. The summed E-state index contributed by atoms with van der Waals surface area (Å²) in [6.45, 7) is 2.71. The number of nitrogens with zero attached hydrogens (tertiary/aromatic N) is 4. The van der Waals surface area contributed by atoms with Gasteiger partial charge in [-0.3, -0.25) is 0 Å². The molecule has 5 nitrogen and oxygen atoms in total. The number of fused-ring (bicyclic) bond motifs is 1. The molecule has 0 saturated carbocycles. The topological polar surface area (TPSA) is 51.1 Å². The van der Waals surface area contributed by atoms with Crippen molar-refractivity contribution in [3.05, 3.63) is 29.0 Å². The van der Waals surface area contributed by atoms with Gasteiger partial charge in [0.1, 0.15) is 5.75 Å². The highest BCUT2D eigenvalue weighted by atomic mass is 35.5. The molecular formula is C15H15ClN4O. The Bertz CT molecular complexity index is 685. The van der Waals surface area contributed by atoms with Crippen molar-refractivity contribution >= 4 is 17.5 Å². The number of aromatic nitrogens is 3. The molecule has 21 heavy (non-hydrogen) atoms. The van der Waals surface area contributed by atoms with Crippen LogP contribution in [0.5, 0.6) is 5.75 Å². The van der Waals surface area contributed by atoms with E-state index in [9.17, 15) is 0 Å². The van der Waals surface area contributed by atoms with E-state index in [4.69, 9.17) is 16.3 Å². The third-order valence-corrected chi connectivity index (χ3v) is 4.10. The van der Waals surface area contributed by atoms with Crippen molar-refractivity contribution in [1.82, 2.24) is 15.0 Å². The van der Waals surface area contributed by atoms with Crippen LogP contribution in [-0.2, 0) is 6.42 Å². The highest BCUT2D eigenvalue weighted by molar-refractivity contribution is 6.28. The lowest BCUT2D eigenvalue weighted by Gasteiger charge is -2.15. The van der Waals surface area contributed by atoms with Gasteiger partial charge < -0.3 is 9.64 Å². The van der Waals surface area contributed by atoms with E-state index in [2.05, 4.69) is 25.9 Å². The maximum Gasteiger partial charge on any atom is 0.230 e. The van der Waals surface area contributed by atoms with Crippen LogP contribution in [0, 0.1) is 0 Å². The molecule has 0 radical (unpaired) electrons. The molecular weight excluding hydrogens is 288 g/mol. The van der Waals surface area contributed by atoms with Crippen LogP contribution in [-0.4, -0.2) is 34.6 Å². The van der Waals surface area contributed by atoms with E-state index in [-0.39, 0.29) is 5.28 Å². The molecule has 1 saturated heterocycles. The van der Waals surface area contributed by atoms with Gasteiger partial charge in [-0.1, -0.05) is 0 Å². The van der Waals surface area contributed by atoms with Crippen LogP contribution in [0.2, 0.25) is 5.28 Å². The standard InChI is InChI=1S/C15H15ClN4O/c16-14-17-13(18-15(19-14)20-6-1-2-7-20)11-3-4-12-10(9-11)5-8-21-12/h3-4,9H,1-2,5-8H2. The van der Waals surface area contributed by atoms with Crippen molar-refractivity contribution in [2.24, 2.45) is 0 Å². The van der Waals surface area contributed by atoms with Crippen LogP contribution in [0.15, 0.2) is 18.2 Å². The molecule has 0 unspecified atom stereocenters. The second-order valence-electron chi connectivity index (χ2n) is 5.34. The van der Waals surface area contributed by atoms with E-state index in [1.807, 2.05) is 12.1 Å². The Morgan fingerprint density at radius 1 is 1.10 bits per heavy atom. The predicted octanol–water partition coefficient (Wildman–Crippen LogP) is 2.73. The quantitative estimate of drug-likeness (QED) is 0.854. The van der Waals surface area contributed by atoms with Gasteiger partial charge in [0.2, 0.25) is 11.2 Å². The first-order valence-electron chi connectivity index (χ1n) is 7.22. The Hall–Kier alpha value is -1.88. The summed E-state index contributed by atoms with van der Waals surface area (Å²) in [6.07, 6.45) is 3.28. The fourth-order valence-electron chi connectivity index (χ4n) is 2.85. The zero-order valence-electron chi connectivity index (χ0n) is 11.5. The van der Waals surface area contributed by atoms with Crippen molar-refractivity contribution < 1.29 is 4.74 Å². The number of anilines is 1. The maximum absolute atomic E-state index is 6.08. The van der Waals surface area contributed by atoms with Gasteiger partial charge in [-0.25, -0.2) is 0 Å². The van der Waals surface area contributed by atoms with E-state index in [1.165, 1.54) is 18.4 Å².